The Kier molecular flexibility index (Phi) is 3.99. The van der Waals surface area contributed by atoms with Gasteiger partial charge in [0.25, 0.3) is 0 Å². The predicted octanol–water partition coefficient (Wildman–Crippen LogP) is 0.566. The van der Waals surface area contributed by atoms with Crippen molar-refractivity contribution in [2.75, 3.05) is 13.1 Å². The van der Waals surface area contributed by atoms with Gasteiger partial charge in [-0.25, -0.2) is 0 Å². The van der Waals surface area contributed by atoms with E-state index >= 15 is 0 Å². The fourth-order valence-corrected chi connectivity index (χ4v) is 0.653. The van der Waals surface area contributed by atoms with Crippen molar-refractivity contribution in [3.8, 4) is 0 Å². The third-order valence-electron chi connectivity index (χ3n) is 0.812. The maximum Gasteiger partial charge on any atom is 0.131 e. The lowest BCUT2D eigenvalue weighted by Gasteiger charge is -1.86. The zero-order valence-electron chi connectivity index (χ0n) is 4.26. The van der Waals surface area contributed by atoms with Crippen molar-refractivity contribution in [2.45, 2.75) is 0 Å². The van der Waals surface area contributed by atoms with E-state index in [1.165, 1.54) is 0 Å². The second-order valence-corrected chi connectivity index (χ2v) is 1.55. The first-order valence-corrected chi connectivity index (χ1v) is 2.64. The molecule has 1 aliphatic rings. The Labute approximate surface area is 64.1 Å². The molecule has 1 rings (SSSR count). The number of amidine groups is 1. The molecule has 0 aromatic carbocycles. The monoisotopic (exact) mass is 194 g/mol. The summed E-state index contributed by atoms with van der Waals surface area (Å²) in [5, 5.41) is 4.56. The van der Waals surface area contributed by atoms with Crippen LogP contribution in [0.3, 0.4) is 0 Å². The maximum absolute atomic E-state index is 4.59. The van der Waals surface area contributed by atoms with E-state index in [1.54, 1.807) is 5.37 Å². The van der Waals surface area contributed by atoms with Gasteiger partial charge >= 0.3 is 0 Å². The van der Waals surface area contributed by atoms with Crippen molar-refractivity contribution in [1.82, 2.24) is 5.32 Å². The fourth-order valence-electron chi connectivity index (χ4n) is 0.495. The molecule has 0 aromatic heterocycles. The molecule has 0 unspecified atom stereocenters. The van der Waals surface area contributed by atoms with Crippen molar-refractivity contribution < 1.29 is 0 Å². The van der Waals surface area contributed by atoms with Crippen molar-refractivity contribution in [1.29, 1.82) is 0 Å². The van der Waals surface area contributed by atoms with Crippen molar-refractivity contribution in [3.05, 3.63) is 0 Å². The molecule has 0 aliphatic carbocycles. The zero-order chi connectivity index (χ0) is 5.11. The van der Waals surface area contributed by atoms with Gasteiger partial charge in [0.05, 0.1) is 6.54 Å². The van der Waals surface area contributed by atoms with Crippen LogP contribution in [0.5, 0.6) is 0 Å². The highest BCUT2D eigenvalue weighted by molar-refractivity contribution is 8.93. The van der Waals surface area contributed by atoms with E-state index in [4.69, 9.17) is 0 Å². The first kappa shape index (κ1) is 8.04. The molecule has 0 spiro atoms. The largest absolute Gasteiger partial charge is 0.368 e. The predicted molar refractivity (Wildman–Crippen MR) is 44.3 cm³/mol. The van der Waals surface area contributed by atoms with Crippen molar-refractivity contribution in [3.63, 3.8) is 0 Å². The summed E-state index contributed by atoms with van der Waals surface area (Å²) in [4.78, 5) is 4.00. The van der Waals surface area contributed by atoms with Crippen LogP contribution >= 0.6 is 29.2 Å². The number of thiocarbonyl (C=S) groups is 1. The van der Waals surface area contributed by atoms with Gasteiger partial charge < -0.3 is 5.32 Å². The van der Waals surface area contributed by atoms with Crippen LogP contribution in [0.4, 0.5) is 0 Å². The van der Waals surface area contributed by atoms with Crippen LogP contribution in [0.1, 0.15) is 0 Å². The number of rotatable bonds is 1. The highest BCUT2D eigenvalue weighted by Crippen LogP contribution is 1.79. The molecule has 0 fully saturated rings. The lowest BCUT2D eigenvalue weighted by Crippen LogP contribution is -2.18. The second-order valence-electron chi connectivity index (χ2n) is 1.31. The maximum atomic E-state index is 4.59. The lowest BCUT2D eigenvalue weighted by atomic mass is 10.7. The number of nitrogens with one attached hydrogen (secondary N) is 1. The quantitative estimate of drug-likeness (QED) is 0.618. The first-order valence-electron chi connectivity index (χ1n) is 2.17. The third-order valence-corrected chi connectivity index (χ3v) is 1.03. The van der Waals surface area contributed by atoms with Crippen LogP contribution in [0.2, 0.25) is 0 Å². The van der Waals surface area contributed by atoms with Gasteiger partial charge in [-0.2, -0.15) is 0 Å². The molecule has 2 nitrogen and oxygen atoms in total. The second kappa shape index (κ2) is 3.97. The van der Waals surface area contributed by atoms with Gasteiger partial charge in [-0.1, -0.05) is 12.2 Å². The minimum Gasteiger partial charge on any atom is -0.368 e. The lowest BCUT2D eigenvalue weighted by molar-refractivity contribution is 0.963. The molecular formula is C4H7BrN2S. The summed E-state index contributed by atoms with van der Waals surface area (Å²) in [6.45, 7) is 1.82. The molecule has 1 N–H and O–H groups in total. The van der Waals surface area contributed by atoms with Crippen LogP contribution in [0.25, 0.3) is 0 Å². The van der Waals surface area contributed by atoms with Crippen molar-refractivity contribution >= 4 is 40.4 Å². The number of halogens is 1. The molecule has 0 saturated carbocycles. The molecule has 0 radical (unpaired) electrons. The van der Waals surface area contributed by atoms with Gasteiger partial charge in [-0.15, -0.1) is 17.0 Å². The van der Waals surface area contributed by atoms with Crippen LogP contribution in [0, 0.1) is 0 Å². The highest BCUT2D eigenvalue weighted by Gasteiger charge is 1.97. The molecule has 1 aliphatic heterocycles. The molecule has 1 heterocycles. The molecule has 46 valence electrons. The topological polar surface area (TPSA) is 24.4 Å². The van der Waals surface area contributed by atoms with E-state index < -0.39 is 0 Å². The summed E-state index contributed by atoms with van der Waals surface area (Å²) in [6.07, 6.45) is 0. The smallest absolute Gasteiger partial charge is 0.131 e. The molecule has 0 atom stereocenters. The molecular weight excluding hydrogens is 188 g/mol. The van der Waals surface area contributed by atoms with Gasteiger partial charge in [-0.3, -0.25) is 4.99 Å². The van der Waals surface area contributed by atoms with Gasteiger partial charge in [0.1, 0.15) is 5.84 Å². The van der Waals surface area contributed by atoms with E-state index in [0.717, 1.165) is 18.9 Å². The Hall–Kier alpha value is 0.0400. The average Bonchev–Trinajstić information content (AvgIpc) is 2.14. The normalized spacial score (nSPS) is 15.8. The Bertz CT molecular complexity index is 113. The summed E-state index contributed by atoms with van der Waals surface area (Å²) in [7, 11) is 0. The van der Waals surface area contributed by atoms with Gasteiger partial charge in [0.2, 0.25) is 0 Å². The Morgan fingerprint density at radius 3 is 2.75 bits per heavy atom. The average molecular weight is 195 g/mol. The fraction of sp³-hybridized carbons (Fsp3) is 0.500. The van der Waals surface area contributed by atoms with Crippen LogP contribution in [-0.2, 0) is 0 Å². The molecule has 8 heavy (non-hydrogen) atoms. The SMILES string of the molecule is Br.S=CC1=NCCN1. The number of hydrogen-bond acceptors (Lipinski definition) is 3. The van der Waals surface area contributed by atoms with E-state index in [1.807, 2.05) is 0 Å². The Morgan fingerprint density at radius 1 is 1.75 bits per heavy atom. The minimum atomic E-state index is 0. The third kappa shape index (κ3) is 1.88. The molecule has 0 amide bonds. The summed E-state index contributed by atoms with van der Waals surface area (Å²) >= 11 is 4.59. The number of hydrogen-bond donors (Lipinski definition) is 1. The van der Waals surface area contributed by atoms with Gasteiger partial charge in [0, 0.05) is 11.9 Å². The standard InChI is InChI=1S/C4H6N2S.BrH/c7-3-4-5-1-2-6-4;/h3H,1-2H2,(H,5,6);1H. The summed E-state index contributed by atoms with van der Waals surface area (Å²) in [5.74, 6) is 0.856. The summed E-state index contributed by atoms with van der Waals surface area (Å²) in [5.41, 5.74) is 0. The zero-order valence-corrected chi connectivity index (χ0v) is 6.78. The minimum absolute atomic E-state index is 0. The number of aliphatic imine (C=N–C) groups is 1. The Balaban J connectivity index is 0.000000490. The highest BCUT2D eigenvalue weighted by atomic mass is 79.9. The van der Waals surface area contributed by atoms with Crippen LogP contribution < -0.4 is 5.32 Å². The van der Waals surface area contributed by atoms with E-state index in [9.17, 15) is 0 Å². The van der Waals surface area contributed by atoms with E-state index in [-0.39, 0.29) is 17.0 Å². The van der Waals surface area contributed by atoms with Crippen LogP contribution in [-0.4, -0.2) is 24.3 Å². The Morgan fingerprint density at radius 2 is 2.50 bits per heavy atom. The molecule has 0 bridgehead atoms. The molecule has 4 heteroatoms. The number of nitrogens with zero attached hydrogens (tertiary/aromatic N) is 1. The van der Waals surface area contributed by atoms with E-state index in [0.29, 0.717) is 0 Å². The van der Waals surface area contributed by atoms with Gasteiger partial charge in [0.15, 0.2) is 0 Å². The van der Waals surface area contributed by atoms with Gasteiger partial charge in [-0.05, 0) is 0 Å². The molecule has 0 saturated heterocycles. The first-order chi connectivity index (χ1) is 3.43. The van der Waals surface area contributed by atoms with Crippen LogP contribution in [0.15, 0.2) is 4.99 Å². The summed E-state index contributed by atoms with van der Waals surface area (Å²) < 4.78 is 0. The van der Waals surface area contributed by atoms with E-state index in [2.05, 4.69) is 22.5 Å². The van der Waals surface area contributed by atoms with Crippen molar-refractivity contribution in [2.24, 2.45) is 4.99 Å². The molecule has 0 aromatic rings. The summed E-state index contributed by atoms with van der Waals surface area (Å²) in [6, 6.07) is 0.